The highest BCUT2D eigenvalue weighted by atomic mass is 16.5. The molecule has 0 aromatic heterocycles. The van der Waals surface area contributed by atoms with Crippen molar-refractivity contribution in [1.29, 1.82) is 0 Å². The van der Waals surface area contributed by atoms with Gasteiger partial charge < -0.3 is 24.6 Å². The minimum Gasteiger partial charge on any atom is -0.497 e. The lowest BCUT2D eigenvalue weighted by atomic mass is 10.2. The Morgan fingerprint density at radius 2 is 1.59 bits per heavy atom. The number of aliphatic carboxylic acids is 1. The molecule has 144 valence electrons. The molecule has 0 heterocycles. The van der Waals surface area contributed by atoms with Crippen LogP contribution in [0.1, 0.15) is 18.4 Å². The number of carboxylic acid groups (broad SMARTS) is 1. The van der Waals surface area contributed by atoms with Gasteiger partial charge in [0.15, 0.2) is 0 Å². The molecule has 2 aromatic carbocycles. The smallest absolute Gasteiger partial charge is 0.303 e. The van der Waals surface area contributed by atoms with Gasteiger partial charge in [0.2, 0.25) is 5.91 Å². The van der Waals surface area contributed by atoms with Crippen LogP contribution in [0.3, 0.4) is 0 Å². The second kappa shape index (κ2) is 10.7. The molecule has 7 nitrogen and oxygen atoms in total. The topological polar surface area (TPSA) is 94.1 Å². The number of carboxylic acids is 1. The summed E-state index contributed by atoms with van der Waals surface area (Å²) in [6, 6.07) is 14.6. The maximum absolute atomic E-state index is 11.7. The lowest BCUT2D eigenvalue weighted by Crippen LogP contribution is -2.23. The molecule has 0 saturated carbocycles. The number of ether oxygens (including phenoxy) is 3. The average Bonchev–Trinajstić information content (AvgIpc) is 2.69. The highest BCUT2D eigenvalue weighted by Crippen LogP contribution is 2.19. The van der Waals surface area contributed by atoms with Gasteiger partial charge in [-0.25, -0.2) is 0 Å². The second-order valence-corrected chi connectivity index (χ2v) is 5.65. The van der Waals surface area contributed by atoms with Crippen LogP contribution >= 0.6 is 0 Å². The number of rotatable bonds is 11. The Balaban J connectivity index is 1.77. The number of methoxy groups -OCH3 is 1. The molecule has 0 unspecified atom stereocenters. The summed E-state index contributed by atoms with van der Waals surface area (Å²) in [6.45, 7) is 0.982. The number of hydrogen-bond donors (Lipinski definition) is 2. The van der Waals surface area contributed by atoms with Gasteiger partial charge in [-0.05, 0) is 30.3 Å². The van der Waals surface area contributed by atoms with E-state index in [4.69, 9.17) is 19.3 Å². The van der Waals surface area contributed by atoms with E-state index in [1.807, 2.05) is 48.5 Å². The van der Waals surface area contributed by atoms with Crippen molar-refractivity contribution in [1.82, 2.24) is 5.32 Å². The van der Waals surface area contributed by atoms with Gasteiger partial charge in [0.1, 0.15) is 30.5 Å². The van der Waals surface area contributed by atoms with Crippen LogP contribution in [0, 0.1) is 0 Å². The molecule has 2 aromatic rings. The van der Waals surface area contributed by atoms with Crippen molar-refractivity contribution in [2.24, 2.45) is 0 Å². The molecule has 0 aliphatic rings. The van der Waals surface area contributed by atoms with Crippen molar-refractivity contribution in [3.8, 4) is 17.2 Å². The summed E-state index contributed by atoms with van der Waals surface area (Å²) in [5.41, 5.74) is 0.811. The first-order valence-electron chi connectivity index (χ1n) is 8.54. The van der Waals surface area contributed by atoms with Crippen molar-refractivity contribution in [3.63, 3.8) is 0 Å². The first kappa shape index (κ1) is 20.1. The number of para-hydroxylation sites is 1. The molecule has 0 radical (unpaired) electrons. The van der Waals surface area contributed by atoms with Crippen LogP contribution in [-0.4, -0.2) is 37.3 Å². The lowest BCUT2D eigenvalue weighted by molar-refractivity contribution is -0.138. The van der Waals surface area contributed by atoms with Gasteiger partial charge in [-0.15, -0.1) is 0 Å². The molecule has 1 amide bonds. The highest BCUT2D eigenvalue weighted by Gasteiger charge is 2.08. The van der Waals surface area contributed by atoms with Crippen LogP contribution in [0.5, 0.6) is 17.2 Å². The summed E-state index contributed by atoms with van der Waals surface area (Å²) >= 11 is 0. The standard InChI is InChI=1S/C20H23NO6/c1-25-16-6-8-17(9-7-16)26-12-13-27-18-5-3-2-4-15(18)14-21-19(22)10-11-20(23)24/h2-9H,10-14H2,1H3,(H,21,22)(H,23,24). The molecule has 0 aliphatic carbocycles. The largest absolute Gasteiger partial charge is 0.497 e. The molecule has 0 fully saturated rings. The molecule has 0 atom stereocenters. The number of nitrogens with one attached hydrogen (secondary N) is 1. The fourth-order valence-electron chi connectivity index (χ4n) is 2.28. The molecule has 0 bridgehead atoms. The fourth-order valence-corrected chi connectivity index (χ4v) is 2.28. The van der Waals surface area contributed by atoms with Gasteiger partial charge in [0.05, 0.1) is 13.5 Å². The van der Waals surface area contributed by atoms with E-state index >= 15 is 0 Å². The van der Waals surface area contributed by atoms with E-state index < -0.39 is 5.97 Å². The number of carbonyl (C=O) groups excluding carboxylic acids is 1. The van der Waals surface area contributed by atoms with Crippen molar-refractivity contribution in [3.05, 3.63) is 54.1 Å². The summed E-state index contributed by atoms with van der Waals surface area (Å²) in [4.78, 5) is 22.1. The van der Waals surface area contributed by atoms with Crippen molar-refractivity contribution >= 4 is 11.9 Å². The van der Waals surface area contributed by atoms with Crippen LogP contribution in [0.2, 0.25) is 0 Å². The third-order valence-corrected chi connectivity index (χ3v) is 3.68. The van der Waals surface area contributed by atoms with Gasteiger partial charge in [0.25, 0.3) is 0 Å². The van der Waals surface area contributed by atoms with Crippen molar-refractivity contribution in [2.75, 3.05) is 20.3 Å². The van der Waals surface area contributed by atoms with Crippen LogP contribution in [0.25, 0.3) is 0 Å². The second-order valence-electron chi connectivity index (χ2n) is 5.65. The highest BCUT2D eigenvalue weighted by molar-refractivity contribution is 5.80. The van der Waals surface area contributed by atoms with E-state index in [2.05, 4.69) is 5.32 Å². The summed E-state index contributed by atoms with van der Waals surface area (Å²) in [6.07, 6.45) is -0.235. The molecule has 0 aliphatic heterocycles. The molecule has 2 N–H and O–H groups in total. The van der Waals surface area contributed by atoms with E-state index in [1.165, 1.54) is 0 Å². The Morgan fingerprint density at radius 3 is 2.30 bits per heavy atom. The minimum absolute atomic E-state index is 0.0476. The molecule has 7 heteroatoms. The predicted octanol–water partition coefficient (Wildman–Crippen LogP) is 2.63. The third kappa shape index (κ3) is 7.27. The summed E-state index contributed by atoms with van der Waals surface area (Å²) in [7, 11) is 1.61. The van der Waals surface area contributed by atoms with Crippen LogP contribution in [-0.2, 0) is 16.1 Å². The van der Waals surface area contributed by atoms with Gasteiger partial charge in [0, 0.05) is 18.5 Å². The Labute approximate surface area is 157 Å². The van der Waals surface area contributed by atoms with E-state index in [9.17, 15) is 9.59 Å². The van der Waals surface area contributed by atoms with Gasteiger partial charge >= 0.3 is 5.97 Å². The van der Waals surface area contributed by atoms with E-state index in [0.717, 1.165) is 17.1 Å². The predicted molar refractivity (Wildman–Crippen MR) is 99.1 cm³/mol. The van der Waals surface area contributed by atoms with Crippen molar-refractivity contribution < 1.29 is 28.9 Å². The summed E-state index contributed by atoms with van der Waals surface area (Å²) in [5.74, 6) is 0.825. The Morgan fingerprint density at radius 1 is 0.926 bits per heavy atom. The monoisotopic (exact) mass is 373 g/mol. The first-order chi connectivity index (χ1) is 13.1. The van der Waals surface area contributed by atoms with Crippen molar-refractivity contribution in [2.45, 2.75) is 19.4 Å². The van der Waals surface area contributed by atoms with Crippen LogP contribution < -0.4 is 19.5 Å². The first-order valence-corrected chi connectivity index (χ1v) is 8.54. The minimum atomic E-state index is -0.995. The third-order valence-electron chi connectivity index (χ3n) is 3.68. The van der Waals surface area contributed by atoms with Crippen LogP contribution in [0.4, 0.5) is 0 Å². The molecule has 2 rings (SSSR count). The fraction of sp³-hybridized carbons (Fsp3) is 0.300. The van der Waals surface area contributed by atoms with E-state index in [0.29, 0.717) is 19.0 Å². The number of benzene rings is 2. The SMILES string of the molecule is COc1ccc(OCCOc2ccccc2CNC(=O)CCC(=O)O)cc1. The van der Waals surface area contributed by atoms with Gasteiger partial charge in [-0.1, -0.05) is 18.2 Å². The summed E-state index contributed by atoms with van der Waals surface area (Å²) < 4.78 is 16.4. The zero-order valence-electron chi connectivity index (χ0n) is 15.1. The maximum Gasteiger partial charge on any atom is 0.303 e. The van der Waals surface area contributed by atoms with E-state index in [1.54, 1.807) is 7.11 Å². The Bertz CT molecular complexity index is 744. The normalized spacial score (nSPS) is 10.1. The van der Waals surface area contributed by atoms with E-state index in [-0.39, 0.29) is 25.3 Å². The quantitative estimate of drug-likeness (QED) is 0.588. The average molecular weight is 373 g/mol. The number of carbonyl (C=O) groups is 2. The Hall–Kier alpha value is -3.22. The zero-order valence-corrected chi connectivity index (χ0v) is 15.1. The molecule has 27 heavy (non-hydrogen) atoms. The number of amides is 1. The molecular weight excluding hydrogens is 350 g/mol. The maximum atomic E-state index is 11.7. The zero-order chi connectivity index (χ0) is 19.5. The molecule has 0 saturated heterocycles. The van der Waals surface area contributed by atoms with Crippen LogP contribution in [0.15, 0.2) is 48.5 Å². The van der Waals surface area contributed by atoms with Gasteiger partial charge in [-0.3, -0.25) is 9.59 Å². The molecular formula is C20H23NO6. The molecule has 0 spiro atoms. The Kier molecular flexibility index (Phi) is 7.96. The number of hydrogen-bond acceptors (Lipinski definition) is 5. The van der Waals surface area contributed by atoms with Gasteiger partial charge in [-0.2, -0.15) is 0 Å². The summed E-state index contributed by atoms with van der Waals surface area (Å²) in [5, 5.41) is 11.3. The lowest BCUT2D eigenvalue weighted by Gasteiger charge is -2.13.